The van der Waals surface area contributed by atoms with E-state index in [1.807, 2.05) is 12.1 Å². The van der Waals surface area contributed by atoms with Gasteiger partial charge in [0.05, 0.1) is 11.4 Å². The smallest absolute Gasteiger partial charge is 0.228 e. The summed E-state index contributed by atoms with van der Waals surface area (Å²) in [6.07, 6.45) is 0.849. The van der Waals surface area contributed by atoms with Crippen LogP contribution in [-0.4, -0.2) is 27.6 Å². The average Bonchev–Trinajstić information content (AvgIpc) is 2.49. The number of nitrogens with two attached hydrogens (primary N) is 1. The lowest BCUT2D eigenvalue weighted by molar-refractivity contribution is 0.293. The van der Waals surface area contributed by atoms with Crippen molar-refractivity contribution in [1.82, 2.24) is 15.0 Å². The number of anilines is 2. The highest BCUT2D eigenvalue weighted by atomic mass is 35.5. The summed E-state index contributed by atoms with van der Waals surface area (Å²) < 4.78 is 5.91. The summed E-state index contributed by atoms with van der Waals surface area (Å²) in [5, 5.41) is 2.91. The molecule has 0 bridgehead atoms. The Morgan fingerprint density at radius 2 is 1.83 bits per heavy atom. The first kappa shape index (κ1) is 18.3. The minimum absolute atomic E-state index is 0.0473. The molecule has 3 N–H and O–H groups in total. The molecule has 0 amide bonds. The summed E-state index contributed by atoms with van der Waals surface area (Å²) in [6.45, 7) is 8.46. The van der Waals surface area contributed by atoms with Gasteiger partial charge in [0.2, 0.25) is 11.9 Å². The number of rotatable bonds is 7. The van der Waals surface area contributed by atoms with Crippen LogP contribution in [0.15, 0.2) is 18.2 Å². The second-order valence-electron chi connectivity index (χ2n) is 5.88. The van der Waals surface area contributed by atoms with E-state index in [2.05, 4.69) is 47.1 Å². The quantitative estimate of drug-likeness (QED) is 0.742. The van der Waals surface area contributed by atoms with Crippen molar-refractivity contribution in [1.29, 1.82) is 0 Å². The first-order chi connectivity index (χ1) is 11.4. The molecular weight excluding hydrogens is 326 g/mol. The monoisotopic (exact) mass is 349 g/mol. The van der Waals surface area contributed by atoms with E-state index in [1.54, 1.807) is 6.92 Å². The first-order valence-corrected chi connectivity index (χ1v) is 8.44. The predicted octanol–water partition coefficient (Wildman–Crippen LogP) is 3.64. The van der Waals surface area contributed by atoms with Crippen LogP contribution >= 0.6 is 11.6 Å². The van der Waals surface area contributed by atoms with Gasteiger partial charge in [0.25, 0.3) is 0 Å². The number of nitrogen functional groups attached to an aromatic ring is 1. The highest BCUT2D eigenvalue weighted by Gasteiger charge is 2.13. The number of aryl methyl sites for hydroxylation is 2. The van der Waals surface area contributed by atoms with E-state index in [-0.39, 0.29) is 17.4 Å². The predicted molar refractivity (Wildman–Crippen MR) is 97.6 cm³/mol. The molecule has 0 spiro atoms. The molecule has 0 aliphatic heterocycles. The topological polar surface area (TPSA) is 86.0 Å². The van der Waals surface area contributed by atoms with E-state index in [9.17, 15) is 0 Å². The number of nitrogens with zero attached hydrogens (tertiary/aromatic N) is 3. The third-order valence-electron chi connectivity index (χ3n) is 3.50. The van der Waals surface area contributed by atoms with Crippen molar-refractivity contribution < 1.29 is 4.74 Å². The third-order valence-corrected chi connectivity index (χ3v) is 3.69. The van der Waals surface area contributed by atoms with Crippen molar-refractivity contribution in [2.24, 2.45) is 0 Å². The summed E-state index contributed by atoms with van der Waals surface area (Å²) in [6, 6.07) is 6.21. The number of aromatic nitrogens is 3. The molecule has 130 valence electrons. The van der Waals surface area contributed by atoms with E-state index < -0.39 is 0 Å². The van der Waals surface area contributed by atoms with E-state index >= 15 is 0 Å². The number of hydrogen-bond acceptors (Lipinski definition) is 6. The zero-order chi connectivity index (χ0) is 17.7. The van der Waals surface area contributed by atoms with Crippen LogP contribution in [0.1, 0.15) is 42.6 Å². The number of ether oxygens (including phenoxy) is 1. The number of benzene rings is 1. The number of halogens is 1. The van der Waals surface area contributed by atoms with Crippen molar-refractivity contribution in [2.45, 2.75) is 45.5 Å². The fourth-order valence-corrected chi connectivity index (χ4v) is 2.41. The van der Waals surface area contributed by atoms with Crippen LogP contribution < -0.4 is 15.8 Å². The van der Waals surface area contributed by atoms with Crippen molar-refractivity contribution in [3.63, 3.8) is 0 Å². The largest absolute Gasteiger partial charge is 0.491 e. The van der Waals surface area contributed by atoms with Gasteiger partial charge in [0, 0.05) is 0 Å². The summed E-state index contributed by atoms with van der Waals surface area (Å²) in [5.74, 6) is 1.88. The zero-order valence-corrected chi connectivity index (χ0v) is 15.3. The molecule has 2 rings (SSSR count). The minimum atomic E-state index is -0.331. The molecule has 0 aliphatic carbocycles. The van der Waals surface area contributed by atoms with Crippen molar-refractivity contribution in [2.75, 3.05) is 17.7 Å². The molecule has 0 fully saturated rings. The molecule has 2 atom stereocenters. The molecule has 0 saturated carbocycles. The highest BCUT2D eigenvalue weighted by molar-refractivity contribution is 6.20. The van der Waals surface area contributed by atoms with Gasteiger partial charge in [0.15, 0.2) is 5.82 Å². The summed E-state index contributed by atoms with van der Waals surface area (Å²) >= 11 is 6.03. The molecule has 0 aliphatic rings. The Hall–Kier alpha value is -2.08. The van der Waals surface area contributed by atoms with Gasteiger partial charge in [-0.15, -0.1) is 11.6 Å². The maximum atomic E-state index is 6.03. The standard InChI is InChI=1S/C17H24ClN5O/c1-5-13(9-24-14-7-10(2)6-11(3)8-14)20-17-22-15(12(4)18)21-16(19)23-17/h6-8,12-13H,5,9H2,1-4H3,(H3,19,20,21,22,23)/t12-,13?/m1/s1. The Balaban J connectivity index is 2.04. The SMILES string of the molecule is CCC(COc1cc(C)cc(C)c1)Nc1nc(N)nc([C@@H](C)Cl)n1. The molecule has 7 heteroatoms. The van der Waals surface area contributed by atoms with Crippen LogP contribution in [0.4, 0.5) is 11.9 Å². The molecule has 1 aromatic carbocycles. The molecule has 1 aromatic heterocycles. The maximum absolute atomic E-state index is 6.03. The van der Waals surface area contributed by atoms with Gasteiger partial charge in [-0.25, -0.2) is 0 Å². The van der Waals surface area contributed by atoms with Crippen molar-refractivity contribution in [3.05, 3.63) is 35.2 Å². The molecule has 6 nitrogen and oxygen atoms in total. The molecule has 1 unspecified atom stereocenters. The lowest BCUT2D eigenvalue weighted by atomic mass is 10.1. The molecule has 0 radical (unpaired) electrons. The fraction of sp³-hybridized carbons (Fsp3) is 0.471. The van der Waals surface area contributed by atoms with Crippen molar-refractivity contribution in [3.8, 4) is 5.75 Å². The number of hydrogen-bond donors (Lipinski definition) is 2. The lowest BCUT2D eigenvalue weighted by Gasteiger charge is -2.18. The van der Waals surface area contributed by atoms with E-state index in [0.29, 0.717) is 18.4 Å². The summed E-state index contributed by atoms with van der Waals surface area (Å²) in [7, 11) is 0. The van der Waals surface area contributed by atoms with E-state index in [0.717, 1.165) is 12.2 Å². The first-order valence-electron chi connectivity index (χ1n) is 8.00. The van der Waals surface area contributed by atoms with Crippen LogP contribution in [0.3, 0.4) is 0 Å². The zero-order valence-electron chi connectivity index (χ0n) is 14.5. The van der Waals surface area contributed by atoms with Gasteiger partial charge in [-0.05, 0) is 50.5 Å². The molecular formula is C17H24ClN5O. The normalized spacial score (nSPS) is 13.4. The fourth-order valence-electron chi connectivity index (χ4n) is 2.31. The van der Waals surface area contributed by atoms with Gasteiger partial charge in [-0.3, -0.25) is 0 Å². The Bertz CT molecular complexity index is 672. The van der Waals surface area contributed by atoms with Gasteiger partial charge in [-0.2, -0.15) is 15.0 Å². The van der Waals surface area contributed by atoms with Gasteiger partial charge in [0.1, 0.15) is 12.4 Å². The van der Waals surface area contributed by atoms with Crippen molar-refractivity contribution >= 4 is 23.5 Å². The number of alkyl halides is 1. The lowest BCUT2D eigenvalue weighted by Crippen LogP contribution is -2.28. The molecule has 0 saturated heterocycles. The van der Waals surface area contributed by atoms with Crippen LogP contribution in [0.25, 0.3) is 0 Å². The summed E-state index contributed by atoms with van der Waals surface area (Å²) in [5.41, 5.74) is 8.08. The van der Waals surface area contributed by atoms with E-state index in [1.165, 1.54) is 11.1 Å². The number of nitrogens with one attached hydrogen (secondary N) is 1. The summed E-state index contributed by atoms with van der Waals surface area (Å²) in [4.78, 5) is 12.5. The minimum Gasteiger partial charge on any atom is -0.491 e. The second kappa shape index (κ2) is 8.15. The Labute approximate surface area is 147 Å². The Morgan fingerprint density at radius 1 is 1.17 bits per heavy atom. The average molecular weight is 350 g/mol. The van der Waals surface area contributed by atoms with E-state index in [4.69, 9.17) is 22.1 Å². The van der Waals surface area contributed by atoms with Crippen LogP contribution in [0.5, 0.6) is 5.75 Å². The van der Waals surface area contributed by atoms with Gasteiger partial charge >= 0.3 is 0 Å². The molecule has 2 aromatic rings. The van der Waals surface area contributed by atoms with Crippen LogP contribution in [0, 0.1) is 13.8 Å². The van der Waals surface area contributed by atoms with Gasteiger partial charge in [-0.1, -0.05) is 13.0 Å². The van der Waals surface area contributed by atoms with Crippen LogP contribution in [-0.2, 0) is 0 Å². The van der Waals surface area contributed by atoms with Crippen LogP contribution in [0.2, 0.25) is 0 Å². The molecule has 1 heterocycles. The Kier molecular flexibility index (Phi) is 6.20. The maximum Gasteiger partial charge on any atom is 0.228 e. The van der Waals surface area contributed by atoms with Gasteiger partial charge < -0.3 is 15.8 Å². The molecule has 24 heavy (non-hydrogen) atoms. The highest BCUT2D eigenvalue weighted by Crippen LogP contribution is 2.19. The third kappa shape index (κ3) is 5.23. The second-order valence-corrected chi connectivity index (χ2v) is 6.53. The Morgan fingerprint density at radius 3 is 2.42 bits per heavy atom.